The van der Waals surface area contributed by atoms with E-state index in [1.54, 1.807) is 0 Å². The van der Waals surface area contributed by atoms with E-state index in [4.69, 9.17) is 5.21 Å². The number of likely N-dealkylation sites (N-methyl/N-ethyl adjacent to an activating group) is 1. The third-order valence-electron chi connectivity index (χ3n) is 2.98. The maximum absolute atomic E-state index is 11.4. The van der Waals surface area contributed by atoms with Gasteiger partial charge in [-0.1, -0.05) is 21.1 Å². The maximum atomic E-state index is 11.4. The highest BCUT2D eigenvalue weighted by Gasteiger charge is 2.19. The molecule has 0 unspecified atom stereocenters. The highest BCUT2D eigenvalue weighted by molar-refractivity contribution is 9.10. The number of hydrogen-bond donors (Lipinski definition) is 2. The van der Waals surface area contributed by atoms with Crippen LogP contribution in [0.25, 0.3) is 0 Å². The number of hydrogen-bond acceptors (Lipinski definition) is 4. The summed E-state index contributed by atoms with van der Waals surface area (Å²) in [6.45, 7) is 1.79. The minimum absolute atomic E-state index is 0.435. The Kier molecular flexibility index (Phi) is 3.98. The number of benzene rings is 1. The van der Waals surface area contributed by atoms with E-state index in [1.807, 2.05) is 19.2 Å². The van der Waals surface area contributed by atoms with Gasteiger partial charge in [-0.05, 0) is 36.7 Å². The largest absolute Gasteiger partial charge is 0.411 e. The lowest BCUT2D eigenvalue weighted by Crippen LogP contribution is -2.28. The summed E-state index contributed by atoms with van der Waals surface area (Å²) in [5.41, 5.74) is 3.11. The van der Waals surface area contributed by atoms with Crippen LogP contribution >= 0.6 is 15.9 Å². The van der Waals surface area contributed by atoms with E-state index in [0.717, 1.165) is 41.4 Å². The van der Waals surface area contributed by atoms with Gasteiger partial charge in [-0.2, -0.15) is 0 Å². The van der Waals surface area contributed by atoms with Gasteiger partial charge >= 0.3 is 0 Å². The number of nitrogens with zero attached hydrogens (tertiary/aromatic N) is 2. The molecule has 0 aromatic heterocycles. The summed E-state index contributed by atoms with van der Waals surface area (Å²) < 4.78 is 1.07. The first kappa shape index (κ1) is 13.0. The third-order valence-corrected chi connectivity index (χ3v) is 3.72. The van der Waals surface area contributed by atoms with Crippen LogP contribution in [0.3, 0.4) is 0 Å². The molecule has 6 heteroatoms. The van der Waals surface area contributed by atoms with Crippen LogP contribution in [0.1, 0.15) is 11.1 Å². The summed E-state index contributed by atoms with van der Waals surface area (Å²) in [4.78, 5) is 13.6. The topological polar surface area (TPSA) is 64.9 Å². The monoisotopic (exact) mass is 311 g/mol. The van der Waals surface area contributed by atoms with Gasteiger partial charge < -0.3 is 15.4 Å². The second-order valence-electron chi connectivity index (χ2n) is 4.27. The number of carbonyl (C=O) groups excluding carboxylic acids is 1. The van der Waals surface area contributed by atoms with Crippen LogP contribution < -0.4 is 5.32 Å². The third kappa shape index (κ3) is 2.70. The van der Waals surface area contributed by atoms with Crippen LogP contribution in [-0.2, 0) is 17.8 Å². The second-order valence-corrected chi connectivity index (χ2v) is 5.13. The molecule has 0 radical (unpaired) electrons. The first-order chi connectivity index (χ1) is 8.61. The van der Waals surface area contributed by atoms with Crippen molar-refractivity contribution >= 4 is 33.7 Å². The summed E-state index contributed by atoms with van der Waals surface area (Å²) >= 11 is 3.54. The van der Waals surface area contributed by atoms with Crippen LogP contribution in [0.5, 0.6) is 0 Å². The Hall–Kier alpha value is -1.40. The van der Waals surface area contributed by atoms with Gasteiger partial charge in [0.25, 0.3) is 5.91 Å². The van der Waals surface area contributed by atoms with Crippen LogP contribution in [0.15, 0.2) is 21.8 Å². The predicted molar refractivity (Wildman–Crippen MR) is 73.1 cm³/mol. The molecule has 18 heavy (non-hydrogen) atoms. The van der Waals surface area contributed by atoms with E-state index in [1.165, 1.54) is 5.56 Å². The van der Waals surface area contributed by atoms with Crippen LogP contribution in [0.4, 0.5) is 5.69 Å². The summed E-state index contributed by atoms with van der Waals surface area (Å²) in [7, 11) is 2.05. The highest BCUT2D eigenvalue weighted by atomic mass is 79.9. The Morgan fingerprint density at radius 2 is 2.33 bits per heavy atom. The number of fused-ring (bicyclic) bond motifs is 1. The Bertz CT molecular complexity index is 502. The van der Waals surface area contributed by atoms with Gasteiger partial charge in [0.2, 0.25) is 0 Å². The number of rotatable bonds is 2. The molecule has 0 fully saturated rings. The van der Waals surface area contributed by atoms with Crippen molar-refractivity contribution in [3.8, 4) is 0 Å². The Morgan fingerprint density at radius 1 is 1.56 bits per heavy atom. The Balaban J connectivity index is 2.34. The molecule has 2 N–H and O–H groups in total. The zero-order valence-electron chi connectivity index (χ0n) is 9.98. The number of amides is 1. The van der Waals surface area contributed by atoms with Crippen molar-refractivity contribution in [3.05, 3.63) is 27.7 Å². The van der Waals surface area contributed by atoms with Crippen molar-refractivity contribution in [1.29, 1.82) is 0 Å². The lowest BCUT2D eigenvalue weighted by molar-refractivity contribution is -0.110. The van der Waals surface area contributed by atoms with Crippen LogP contribution in [-0.4, -0.2) is 35.8 Å². The fraction of sp³-hybridized carbons (Fsp3) is 0.333. The summed E-state index contributed by atoms with van der Waals surface area (Å²) in [5, 5.41) is 13.8. The van der Waals surface area contributed by atoms with E-state index in [2.05, 4.69) is 31.3 Å². The van der Waals surface area contributed by atoms with Gasteiger partial charge in [-0.3, -0.25) is 4.79 Å². The summed E-state index contributed by atoms with van der Waals surface area (Å²) in [5.74, 6) is -0.435. The molecule has 0 saturated carbocycles. The average Bonchev–Trinajstić information content (AvgIpc) is 2.33. The second kappa shape index (κ2) is 5.49. The van der Waals surface area contributed by atoms with Crippen molar-refractivity contribution in [2.75, 3.05) is 18.9 Å². The number of anilines is 1. The minimum atomic E-state index is -0.435. The fourth-order valence-corrected chi connectivity index (χ4v) is 2.67. The average molecular weight is 312 g/mol. The molecular formula is C12H14BrN3O2. The van der Waals surface area contributed by atoms with E-state index < -0.39 is 5.91 Å². The van der Waals surface area contributed by atoms with Crippen molar-refractivity contribution in [3.63, 3.8) is 0 Å². The zero-order chi connectivity index (χ0) is 13.1. The highest BCUT2D eigenvalue weighted by Crippen LogP contribution is 2.31. The van der Waals surface area contributed by atoms with Gasteiger partial charge in [0.05, 0.1) is 0 Å². The molecule has 0 bridgehead atoms. The zero-order valence-corrected chi connectivity index (χ0v) is 11.6. The Labute approximate surface area is 114 Å². The van der Waals surface area contributed by atoms with E-state index in [9.17, 15) is 4.79 Å². The van der Waals surface area contributed by atoms with Crippen molar-refractivity contribution in [2.24, 2.45) is 5.16 Å². The smallest absolute Gasteiger partial charge is 0.270 e. The van der Waals surface area contributed by atoms with Crippen molar-refractivity contribution in [2.45, 2.75) is 13.0 Å². The predicted octanol–water partition coefficient (Wildman–Crippen LogP) is 1.84. The quantitative estimate of drug-likeness (QED) is 0.497. The number of carbonyl (C=O) groups is 1. The molecule has 2 rings (SSSR count). The molecule has 0 spiro atoms. The first-order valence-electron chi connectivity index (χ1n) is 5.59. The van der Waals surface area contributed by atoms with Gasteiger partial charge in [0.1, 0.15) is 6.21 Å². The number of oxime groups is 1. The molecule has 5 nitrogen and oxygen atoms in total. The maximum Gasteiger partial charge on any atom is 0.270 e. The van der Waals surface area contributed by atoms with Gasteiger partial charge in [0.15, 0.2) is 0 Å². The molecule has 1 heterocycles. The van der Waals surface area contributed by atoms with Gasteiger partial charge in [0, 0.05) is 23.2 Å². The Morgan fingerprint density at radius 3 is 3.06 bits per heavy atom. The molecule has 1 aliphatic heterocycles. The fourth-order valence-electron chi connectivity index (χ4n) is 2.10. The van der Waals surface area contributed by atoms with Crippen molar-refractivity contribution < 1.29 is 10.0 Å². The van der Waals surface area contributed by atoms with E-state index >= 15 is 0 Å². The van der Waals surface area contributed by atoms with Crippen LogP contribution in [0.2, 0.25) is 0 Å². The molecule has 1 amide bonds. The van der Waals surface area contributed by atoms with Gasteiger partial charge in [-0.25, -0.2) is 0 Å². The molecule has 96 valence electrons. The molecule has 0 aliphatic carbocycles. The summed E-state index contributed by atoms with van der Waals surface area (Å²) in [6.07, 6.45) is 1.80. The molecule has 1 aromatic carbocycles. The first-order valence-corrected chi connectivity index (χ1v) is 6.38. The number of nitrogens with one attached hydrogen (secondary N) is 1. The molecule has 1 aromatic rings. The molecular weight excluding hydrogens is 298 g/mol. The lowest BCUT2D eigenvalue weighted by atomic mass is 9.98. The lowest BCUT2D eigenvalue weighted by Gasteiger charge is -2.27. The standard InChI is InChI=1S/C12H14BrN3O2/c1-16-5-4-8-9(7-16)11(3-2-10(8)13)15-12(17)6-14-18/h2-3,6,18H,4-5,7H2,1H3,(H,15,17). The van der Waals surface area contributed by atoms with Crippen molar-refractivity contribution in [1.82, 2.24) is 4.90 Å². The van der Waals surface area contributed by atoms with E-state index in [0.29, 0.717) is 0 Å². The van der Waals surface area contributed by atoms with Crippen LogP contribution in [0, 0.1) is 0 Å². The summed E-state index contributed by atoms with van der Waals surface area (Å²) in [6, 6.07) is 3.78. The molecule has 0 saturated heterocycles. The molecule has 0 atom stereocenters. The SMILES string of the molecule is CN1CCc2c(Br)ccc(NC(=O)C=NO)c2C1. The minimum Gasteiger partial charge on any atom is -0.411 e. The number of halogens is 1. The van der Waals surface area contributed by atoms with E-state index in [-0.39, 0.29) is 0 Å². The van der Waals surface area contributed by atoms with Gasteiger partial charge in [-0.15, -0.1) is 0 Å². The normalized spacial score (nSPS) is 15.7. The molecule has 1 aliphatic rings.